The van der Waals surface area contributed by atoms with E-state index in [0.29, 0.717) is 11.7 Å². The van der Waals surface area contributed by atoms with Gasteiger partial charge in [-0.1, -0.05) is 24.5 Å². The molecule has 116 valence electrons. The number of aromatic nitrogens is 3. The van der Waals surface area contributed by atoms with E-state index in [1.54, 1.807) is 0 Å². The highest BCUT2D eigenvalue weighted by Crippen LogP contribution is 2.18. The molecule has 0 bridgehead atoms. The second-order valence-corrected chi connectivity index (χ2v) is 6.12. The lowest BCUT2D eigenvalue weighted by Crippen LogP contribution is -2.34. The largest absolute Gasteiger partial charge is 0.337 e. The molecule has 2 aliphatic rings. The molecule has 1 N–H and O–H groups in total. The minimum atomic E-state index is 0.0529. The van der Waals surface area contributed by atoms with E-state index in [9.17, 15) is 4.79 Å². The zero-order valence-corrected chi connectivity index (χ0v) is 12.6. The summed E-state index contributed by atoms with van der Waals surface area (Å²) >= 11 is 0. The molecule has 2 fully saturated rings. The van der Waals surface area contributed by atoms with Gasteiger partial charge in [-0.25, -0.2) is 4.68 Å². The molecule has 0 aromatic carbocycles. The molecule has 0 saturated carbocycles. The van der Waals surface area contributed by atoms with Crippen LogP contribution >= 0.6 is 0 Å². The van der Waals surface area contributed by atoms with Gasteiger partial charge < -0.3 is 10.2 Å². The van der Waals surface area contributed by atoms with Crippen molar-refractivity contribution in [2.75, 3.05) is 26.2 Å². The number of hydrogen-bond acceptors (Lipinski definition) is 4. The average molecular weight is 291 g/mol. The van der Waals surface area contributed by atoms with E-state index in [1.165, 1.54) is 19.3 Å². The maximum atomic E-state index is 12.6. The first kappa shape index (κ1) is 14.5. The number of carbonyl (C=O) groups is 1. The Morgan fingerprint density at radius 1 is 1.10 bits per heavy atom. The number of likely N-dealkylation sites (tertiary alicyclic amines) is 1. The second-order valence-electron chi connectivity index (χ2n) is 6.12. The van der Waals surface area contributed by atoms with Crippen LogP contribution in [0.1, 0.15) is 61.5 Å². The lowest BCUT2D eigenvalue weighted by molar-refractivity contribution is 0.0736. The van der Waals surface area contributed by atoms with Gasteiger partial charge in [0, 0.05) is 13.1 Å². The van der Waals surface area contributed by atoms with Crippen LogP contribution in [0.5, 0.6) is 0 Å². The Morgan fingerprint density at radius 2 is 1.76 bits per heavy atom. The third-order valence-electron chi connectivity index (χ3n) is 4.56. The molecule has 0 atom stereocenters. The molecule has 0 spiro atoms. The lowest BCUT2D eigenvalue weighted by Gasteiger charge is -2.24. The molecular weight excluding hydrogens is 266 g/mol. The van der Waals surface area contributed by atoms with Crippen LogP contribution < -0.4 is 5.32 Å². The van der Waals surface area contributed by atoms with Crippen LogP contribution in [0, 0.1) is 0 Å². The van der Waals surface area contributed by atoms with Crippen molar-refractivity contribution < 1.29 is 4.79 Å². The summed E-state index contributed by atoms with van der Waals surface area (Å²) in [6.45, 7) is 3.75. The van der Waals surface area contributed by atoms with Crippen molar-refractivity contribution in [3.05, 3.63) is 11.9 Å². The Bertz CT molecular complexity index is 458. The summed E-state index contributed by atoms with van der Waals surface area (Å²) in [5, 5.41) is 11.7. The quantitative estimate of drug-likeness (QED) is 0.899. The second kappa shape index (κ2) is 7.02. The summed E-state index contributed by atoms with van der Waals surface area (Å²) in [6.07, 6.45) is 9.92. The molecule has 0 unspecified atom stereocenters. The van der Waals surface area contributed by atoms with Crippen molar-refractivity contribution in [3.8, 4) is 0 Å². The van der Waals surface area contributed by atoms with Gasteiger partial charge in [0.1, 0.15) is 0 Å². The average Bonchev–Trinajstić information content (AvgIpc) is 2.97. The van der Waals surface area contributed by atoms with Gasteiger partial charge in [-0.3, -0.25) is 4.79 Å². The third-order valence-corrected chi connectivity index (χ3v) is 4.56. The molecule has 6 nitrogen and oxygen atoms in total. The molecule has 6 heteroatoms. The number of rotatable bonds is 2. The van der Waals surface area contributed by atoms with E-state index in [0.717, 1.165) is 51.9 Å². The standard InChI is InChI=1S/C15H25N5O/c21-15(19-10-4-2-1-3-5-11-19)14-12-20(18-17-14)13-6-8-16-9-7-13/h12-13,16H,1-11H2. The maximum Gasteiger partial charge on any atom is 0.276 e. The highest BCUT2D eigenvalue weighted by molar-refractivity contribution is 5.91. The van der Waals surface area contributed by atoms with Gasteiger partial charge in [-0.15, -0.1) is 5.10 Å². The van der Waals surface area contributed by atoms with E-state index in [2.05, 4.69) is 15.6 Å². The van der Waals surface area contributed by atoms with Crippen molar-refractivity contribution in [2.24, 2.45) is 0 Å². The van der Waals surface area contributed by atoms with E-state index >= 15 is 0 Å². The molecule has 0 aliphatic carbocycles. The molecule has 1 aromatic heterocycles. The maximum absolute atomic E-state index is 12.6. The summed E-state index contributed by atoms with van der Waals surface area (Å²) in [4.78, 5) is 14.5. The van der Waals surface area contributed by atoms with E-state index in [-0.39, 0.29) is 5.91 Å². The predicted molar refractivity (Wildman–Crippen MR) is 80.2 cm³/mol. The number of nitrogens with one attached hydrogen (secondary N) is 1. The molecule has 0 radical (unpaired) electrons. The van der Waals surface area contributed by atoms with Crippen molar-refractivity contribution in [2.45, 2.75) is 51.0 Å². The van der Waals surface area contributed by atoms with E-state index in [1.807, 2.05) is 15.8 Å². The zero-order chi connectivity index (χ0) is 14.5. The molecule has 2 saturated heterocycles. The lowest BCUT2D eigenvalue weighted by atomic mass is 10.1. The molecule has 3 heterocycles. The fourth-order valence-electron chi connectivity index (χ4n) is 3.24. The Hall–Kier alpha value is -1.43. The van der Waals surface area contributed by atoms with Crippen molar-refractivity contribution >= 4 is 5.91 Å². The Balaban J connectivity index is 1.65. The fourth-order valence-corrected chi connectivity index (χ4v) is 3.24. The number of carbonyl (C=O) groups excluding carboxylic acids is 1. The molecular formula is C15H25N5O. The minimum absolute atomic E-state index is 0.0529. The zero-order valence-electron chi connectivity index (χ0n) is 12.6. The topological polar surface area (TPSA) is 63.1 Å². The highest BCUT2D eigenvalue weighted by Gasteiger charge is 2.22. The van der Waals surface area contributed by atoms with Gasteiger partial charge >= 0.3 is 0 Å². The summed E-state index contributed by atoms with van der Waals surface area (Å²) in [5.41, 5.74) is 0.508. The summed E-state index contributed by atoms with van der Waals surface area (Å²) in [6, 6.07) is 0.382. The normalized spacial score (nSPS) is 21.8. The van der Waals surface area contributed by atoms with Crippen LogP contribution in [-0.2, 0) is 0 Å². The van der Waals surface area contributed by atoms with E-state index in [4.69, 9.17) is 0 Å². The minimum Gasteiger partial charge on any atom is -0.337 e. The molecule has 3 rings (SSSR count). The monoisotopic (exact) mass is 291 g/mol. The van der Waals surface area contributed by atoms with Crippen LogP contribution in [0.15, 0.2) is 6.20 Å². The fraction of sp³-hybridized carbons (Fsp3) is 0.800. The third kappa shape index (κ3) is 3.61. The first-order chi connectivity index (χ1) is 10.3. The van der Waals surface area contributed by atoms with Crippen LogP contribution in [0.2, 0.25) is 0 Å². The highest BCUT2D eigenvalue weighted by atomic mass is 16.2. The number of amides is 1. The number of hydrogen-bond donors (Lipinski definition) is 1. The van der Waals surface area contributed by atoms with Gasteiger partial charge in [-0.05, 0) is 38.8 Å². The molecule has 2 aliphatic heterocycles. The van der Waals surface area contributed by atoms with Crippen molar-refractivity contribution in [1.82, 2.24) is 25.2 Å². The predicted octanol–water partition coefficient (Wildman–Crippen LogP) is 1.61. The van der Waals surface area contributed by atoms with Crippen LogP contribution in [0.4, 0.5) is 0 Å². The Labute approximate surface area is 125 Å². The van der Waals surface area contributed by atoms with Crippen LogP contribution in [-0.4, -0.2) is 52.0 Å². The van der Waals surface area contributed by atoms with Gasteiger partial charge in [-0.2, -0.15) is 0 Å². The number of piperidine rings is 1. The molecule has 1 amide bonds. The van der Waals surface area contributed by atoms with Crippen molar-refractivity contribution in [3.63, 3.8) is 0 Å². The summed E-state index contributed by atoms with van der Waals surface area (Å²) < 4.78 is 1.89. The van der Waals surface area contributed by atoms with Gasteiger partial charge in [0.2, 0.25) is 0 Å². The van der Waals surface area contributed by atoms with Crippen molar-refractivity contribution in [1.29, 1.82) is 0 Å². The Kier molecular flexibility index (Phi) is 4.85. The molecule has 21 heavy (non-hydrogen) atoms. The van der Waals surface area contributed by atoms with Crippen LogP contribution in [0.25, 0.3) is 0 Å². The summed E-state index contributed by atoms with van der Waals surface area (Å²) in [5.74, 6) is 0.0529. The van der Waals surface area contributed by atoms with Gasteiger partial charge in [0.15, 0.2) is 5.69 Å². The molecule has 1 aromatic rings. The van der Waals surface area contributed by atoms with Gasteiger partial charge in [0.05, 0.1) is 12.2 Å². The SMILES string of the molecule is O=C(c1cn(C2CCNCC2)nn1)N1CCCCCCC1. The first-order valence-corrected chi connectivity index (χ1v) is 8.26. The smallest absolute Gasteiger partial charge is 0.276 e. The van der Waals surface area contributed by atoms with Crippen LogP contribution in [0.3, 0.4) is 0 Å². The van der Waals surface area contributed by atoms with Gasteiger partial charge in [0.25, 0.3) is 5.91 Å². The Morgan fingerprint density at radius 3 is 2.48 bits per heavy atom. The number of nitrogens with zero attached hydrogens (tertiary/aromatic N) is 4. The van der Waals surface area contributed by atoms with E-state index < -0.39 is 0 Å². The first-order valence-electron chi connectivity index (χ1n) is 8.26. The summed E-state index contributed by atoms with van der Waals surface area (Å²) in [7, 11) is 0.